The lowest BCUT2D eigenvalue weighted by molar-refractivity contribution is 0.0998. The van der Waals surface area contributed by atoms with Crippen LogP contribution in [0.15, 0.2) is 84.4 Å². The number of nitrogens with one attached hydrogen (secondary N) is 3. The molecule has 2 aromatic heterocycles. The van der Waals surface area contributed by atoms with Gasteiger partial charge < -0.3 is 21.4 Å². The third-order valence-corrected chi connectivity index (χ3v) is 7.38. The molecule has 0 saturated heterocycles. The zero-order chi connectivity index (χ0) is 27.5. The van der Waals surface area contributed by atoms with Gasteiger partial charge in [0, 0.05) is 47.0 Å². The number of carbonyl (C=O) groups excluding carboxylic acids is 2. The second kappa shape index (κ2) is 11.1. The second-order valence-electron chi connectivity index (χ2n) is 9.48. The van der Waals surface area contributed by atoms with Crippen LogP contribution in [0.1, 0.15) is 38.2 Å². The summed E-state index contributed by atoms with van der Waals surface area (Å²) >= 11 is 1.29. The van der Waals surface area contributed by atoms with Crippen molar-refractivity contribution in [1.29, 1.82) is 0 Å². The third-order valence-electron chi connectivity index (χ3n) is 6.61. The predicted molar refractivity (Wildman–Crippen MR) is 159 cm³/mol. The average Bonchev–Trinajstić information content (AvgIpc) is 3.60. The van der Waals surface area contributed by atoms with Crippen molar-refractivity contribution in [3.05, 3.63) is 106 Å². The van der Waals surface area contributed by atoms with Crippen molar-refractivity contribution >= 4 is 39.7 Å². The molecule has 5 rings (SSSR count). The van der Waals surface area contributed by atoms with E-state index < -0.39 is 5.91 Å². The highest BCUT2D eigenvalue weighted by Crippen LogP contribution is 2.38. The van der Waals surface area contributed by atoms with E-state index in [0.29, 0.717) is 28.3 Å². The van der Waals surface area contributed by atoms with Gasteiger partial charge in [-0.2, -0.15) is 0 Å². The van der Waals surface area contributed by atoms with E-state index in [4.69, 9.17) is 5.73 Å². The highest BCUT2D eigenvalue weighted by molar-refractivity contribution is 7.11. The summed E-state index contributed by atoms with van der Waals surface area (Å²) in [6, 6.07) is 19.7. The van der Waals surface area contributed by atoms with Gasteiger partial charge >= 0.3 is 0 Å². The highest BCUT2D eigenvalue weighted by atomic mass is 32.1. The Bertz CT molecular complexity index is 1700. The lowest BCUT2D eigenvalue weighted by Crippen LogP contribution is -2.15. The molecule has 0 aliphatic rings. The predicted octanol–water partition coefficient (Wildman–Crippen LogP) is 6.28. The molecular formula is C31H29N5O2S. The number of amides is 2. The highest BCUT2D eigenvalue weighted by Gasteiger charge is 2.19. The number of nitrogens with zero attached hydrogens (tertiary/aromatic N) is 1. The van der Waals surface area contributed by atoms with Crippen LogP contribution in [0.5, 0.6) is 0 Å². The number of rotatable bonds is 9. The summed E-state index contributed by atoms with van der Waals surface area (Å²) in [6.07, 6.45) is 1.61. The van der Waals surface area contributed by atoms with Crippen LogP contribution < -0.4 is 16.4 Å². The van der Waals surface area contributed by atoms with Crippen LogP contribution in [-0.2, 0) is 6.54 Å². The Morgan fingerprint density at radius 2 is 1.85 bits per heavy atom. The largest absolute Gasteiger partial charge is 0.366 e. The average molecular weight is 536 g/mol. The fourth-order valence-electron chi connectivity index (χ4n) is 4.73. The van der Waals surface area contributed by atoms with Gasteiger partial charge in [-0.1, -0.05) is 54.6 Å². The molecule has 2 heterocycles. The Kier molecular flexibility index (Phi) is 7.40. The van der Waals surface area contributed by atoms with Crippen LogP contribution in [0, 0.1) is 6.92 Å². The summed E-state index contributed by atoms with van der Waals surface area (Å²) in [4.78, 5) is 32.6. The molecular weight excluding hydrogens is 506 g/mol. The molecule has 0 spiro atoms. The Morgan fingerprint density at radius 1 is 1.05 bits per heavy atom. The minimum atomic E-state index is -0.502. The van der Waals surface area contributed by atoms with Crippen LogP contribution in [0.25, 0.3) is 33.3 Å². The molecule has 2 amide bonds. The molecule has 5 aromatic rings. The van der Waals surface area contributed by atoms with E-state index in [1.807, 2.05) is 50.2 Å². The number of H-pyrrole nitrogens is 1. The Labute approximate surface area is 230 Å². The second-order valence-corrected chi connectivity index (χ2v) is 10.4. The van der Waals surface area contributed by atoms with Gasteiger partial charge in [-0.3, -0.25) is 9.59 Å². The Morgan fingerprint density at radius 3 is 2.59 bits per heavy atom. The van der Waals surface area contributed by atoms with Gasteiger partial charge in [-0.05, 0) is 54.3 Å². The smallest absolute Gasteiger partial charge is 0.284 e. The van der Waals surface area contributed by atoms with Gasteiger partial charge in [0.05, 0.1) is 11.1 Å². The number of fused-ring (bicyclic) bond motifs is 1. The van der Waals surface area contributed by atoms with Crippen molar-refractivity contribution < 1.29 is 9.59 Å². The van der Waals surface area contributed by atoms with Crippen LogP contribution in [0.3, 0.4) is 0 Å². The Balaban J connectivity index is 1.60. The molecule has 8 heteroatoms. The summed E-state index contributed by atoms with van der Waals surface area (Å²) in [6.45, 7) is 9.33. The quantitative estimate of drug-likeness (QED) is 0.166. The third kappa shape index (κ3) is 5.38. The van der Waals surface area contributed by atoms with E-state index in [0.717, 1.165) is 51.0 Å². The molecule has 0 unspecified atom stereocenters. The first-order chi connectivity index (χ1) is 18.8. The number of primary amides is 1. The number of aromatic nitrogens is 2. The van der Waals surface area contributed by atoms with E-state index in [-0.39, 0.29) is 5.91 Å². The van der Waals surface area contributed by atoms with Gasteiger partial charge in [0.15, 0.2) is 5.01 Å². The monoisotopic (exact) mass is 535 g/mol. The van der Waals surface area contributed by atoms with Gasteiger partial charge in [0.2, 0.25) is 0 Å². The van der Waals surface area contributed by atoms with Gasteiger partial charge in [0.25, 0.3) is 11.8 Å². The van der Waals surface area contributed by atoms with Gasteiger partial charge in [-0.15, -0.1) is 11.3 Å². The summed E-state index contributed by atoms with van der Waals surface area (Å²) in [5.41, 5.74) is 14.4. The van der Waals surface area contributed by atoms with Crippen molar-refractivity contribution in [3.8, 4) is 22.4 Å². The van der Waals surface area contributed by atoms with E-state index in [1.54, 1.807) is 17.6 Å². The fraction of sp³-hybridized carbons (Fsp3) is 0.129. The molecule has 5 N–H and O–H groups in total. The van der Waals surface area contributed by atoms with Crippen molar-refractivity contribution in [1.82, 2.24) is 15.3 Å². The summed E-state index contributed by atoms with van der Waals surface area (Å²) in [5, 5.41) is 9.45. The standard InChI is InChI=1S/C31H29N5O2S/c1-18(2)16-33-17-20-7-4-5-8-22(20)27-15-25-23(11-12-24(29(32)37)28(25)35-27)21-9-6-10-26(19(21)3)36-30(38)31-34-13-14-39-31/h4-15,33,35H,1,16-17H2,2-3H3,(H2,32,37)(H,36,38). The normalized spacial score (nSPS) is 11.0. The molecule has 196 valence electrons. The number of nitrogens with two attached hydrogens (primary N) is 1. The van der Waals surface area contributed by atoms with E-state index in [2.05, 4.69) is 45.4 Å². The van der Waals surface area contributed by atoms with Crippen molar-refractivity contribution in [2.45, 2.75) is 20.4 Å². The van der Waals surface area contributed by atoms with Crippen molar-refractivity contribution in [2.75, 3.05) is 11.9 Å². The van der Waals surface area contributed by atoms with Gasteiger partial charge in [-0.25, -0.2) is 4.98 Å². The summed E-state index contributed by atoms with van der Waals surface area (Å²) in [5.74, 6) is -0.752. The van der Waals surface area contributed by atoms with Crippen LogP contribution in [0.4, 0.5) is 5.69 Å². The first kappa shape index (κ1) is 26.1. The van der Waals surface area contributed by atoms with E-state index in [9.17, 15) is 9.59 Å². The molecule has 39 heavy (non-hydrogen) atoms. The topological polar surface area (TPSA) is 113 Å². The molecule has 0 radical (unpaired) electrons. The van der Waals surface area contributed by atoms with Crippen molar-refractivity contribution in [3.63, 3.8) is 0 Å². The number of anilines is 1. The number of benzene rings is 3. The lowest BCUT2D eigenvalue weighted by atomic mass is 9.94. The maximum Gasteiger partial charge on any atom is 0.284 e. The molecule has 7 nitrogen and oxygen atoms in total. The summed E-state index contributed by atoms with van der Waals surface area (Å²) in [7, 11) is 0. The fourth-order valence-corrected chi connectivity index (χ4v) is 5.26. The van der Waals surface area contributed by atoms with Gasteiger partial charge in [0.1, 0.15) is 0 Å². The molecule has 0 aliphatic carbocycles. The van der Waals surface area contributed by atoms with E-state index in [1.165, 1.54) is 11.3 Å². The molecule has 3 aromatic carbocycles. The summed E-state index contributed by atoms with van der Waals surface area (Å²) < 4.78 is 0. The van der Waals surface area contributed by atoms with Crippen molar-refractivity contribution in [2.24, 2.45) is 5.73 Å². The molecule has 0 atom stereocenters. The lowest BCUT2D eigenvalue weighted by Gasteiger charge is -2.14. The number of carbonyl (C=O) groups is 2. The number of aromatic amines is 1. The first-order valence-corrected chi connectivity index (χ1v) is 13.4. The molecule has 0 aliphatic heterocycles. The minimum Gasteiger partial charge on any atom is -0.366 e. The molecule has 0 fully saturated rings. The first-order valence-electron chi connectivity index (χ1n) is 12.5. The van der Waals surface area contributed by atoms with Crippen LogP contribution >= 0.6 is 11.3 Å². The Hall–Kier alpha value is -4.53. The zero-order valence-electron chi connectivity index (χ0n) is 21.8. The maximum absolute atomic E-state index is 12.7. The maximum atomic E-state index is 12.7. The number of thiazole rings is 1. The number of hydrogen-bond acceptors (Lipinski definition) is 5. The van der Waals surface area contributed by atoms with E-state index >= 15 is 0 Å². The van der Waals surface area contributed by atoms with Crippen LogP contribution in [0.2, 0.25) is 0 Å². The number of hydrogen-bond donors (Lipinski definition) is 4. The SMILES string of the molecule is C=C(C)CNCc1ccccc1-c1cc2c(-c3cccc(NC(=O)c4nccs4)c3C)ccc(C(N)=O)c2[nH]1. The minimum absolute atomic E-state index is 0.250. The molecule has 0 saturated carbocycles. The van der Waals surface area contributed by atoms with Crippen LogP contribution in [-0.4, -0.2) is 28.3 Å². The zero-order valence-corrected chi connectivity index (χ0v) is 22.6. The molecule has 0 bridgehead atoms.